The van der Waals surface area contributed by atoms with Gasteiger partial charge in [0.2, 0.25) is 11.7 Å². The Labute approximate surface area is 152 Å². The molecule has 0 fully saturated rings. The number of carbonyl (C=O) groups excluding carboxylic acids is 1. The summed E-state index contributed by atoms with van der Waals surface area (Å²) >= 11 is 1.23. The molecule has 26 heavy (non-hydrogen) atoms. The van der Waals surface area contributed by atoms with Crippen LogP contribution in [0.25, 0.3) is 11.0 Å². The molecule has 0 bridgehead atoms. The normalized spacial score (nSPS) is 12.1. The van der Waals surface area contributed by atoms with Gasteiger partial charge in [0.05, 0.1) is 21.2 Å². The summed E-state index contributed by atoms with van der Waals surface area (Å²) in [6, 6.07) is 9.04. The van der Waals surface area contributed by atoms with E-state index in [1.54, 1.807) is 6.92 Å². The van der Waals surface area contributed by atoms with Gasteiger partial charge in [-0.3, -0.25) is 14.9 Å². The highest BCUT2D eigenvalue weighted by molar-refractivity contribution is 8.00. The van der Waals surface area contributed by atoms with Gasteiger partial charge in [-0.1, -0.05) is 17.8 Å². The van der Waals surface area contributed by atoms with E-state index in [2.05, 4.69) is 15.3 Å². The number of H-pyrrole nitrogens is 1. The van der Waals surface area contributed by atoms with E-state index < -0.39 is 21.7 Å². The summed E-state index contributed by atoms with van der Waals surface area (Å²) in [6.07, 6.45) is 0. The number of nitrogens with zero attached hydrogens (tertiary/aromatic N) is 2. The predicted molar refractivity (Wildman–Crippen MR) is 97.8 cm³/mol. The van der Waals surface area contributed by atoms with Crippen molar-refractivity contribution < 1.29 is 14.1 Å². The molecule has 1 atom stereocenters. The number of halogens is 1. The molecule has 0 aliphatic rings. The van der Waals surface area contributed by atoms with Crippen molar-refractivity contribution in [3.8, 4) is 0 Å². The Morgan fingerprint density at radius 2 is 2.12 bits per heavy atom. The largest absolute Gasteiger partial charge is 0.333 e. The van der Waals surface area contributed by atoms with Crippen molar-refractivity contribution in [1.82, 2.24) is 9.97 Å². The highest BCUT2D eigenvalue weighted by Crippen LogP contribution is 2.26. The molecular formula is C17H15FN4O3S. The molecule has 2 aromatic carbocycles. The number of anilines is 1. The Morgan fingerprint density at radius 3 is 2.85 bits per heavy atom. The Balaban J connectivity index is 1.71. The Kier molecular flexibility index (Phi) is 4.90. The zero-order valence-corrected chi connectivity index (χ0v) is 14.8. The van der Waals surface area contributed by atoms with E-state index in [1.165, 1.54) is 17.8 Å². The maximum Gasteiger partial charge on any atom is 0.306 e. The van der Waals surface area contributed by atoms with Crippen LogP contribution in [0.2, 0.25) is 0 Å². The van der Waals surface area contributed by atoms with Crippen molar-refractivity contribution >= 4 is 40.1 Å². The molecule has 0 aliphatic carbocycles. The molecule has 134 valence electrons. The number of thioether (sulfide) groups is 1. The maximum absolute atomic E-state index is 13.4. The highest BCUT2D eigenvalue weighted by Gasteiger charge is 2.19. The van der Waals surface area contributed by atoms with Crippen molar-refractivity contribution in [3.05, 3.63) is 57.9 Å². The molecule has 0 unspecified atom stereocenters. The third-order valence-electron chi connectivity index (χ3n) is 3.68. The zero-order chi connectivity index (χ0) is 18.8. The summed E-state index contributed by atoms with van der Waals surface area (Å²) in [7, 11) is 0. The monoisotopic (exact) mass is 374 g/mol. The molecule has 0 saturated carbocycles. The number of hydrogen-bond acceptors (Lipinski definition) is 5. The van der Waals surface area contributed by atoms with E-state index in [1.807, 2.05) is 25.1 Å². The summed E-state index contributed by atoms with van der Waals surface area (Å²) in [5.41, 5.74) is 2.27. The molecule has 9 heteroatoms. The van der Waals surface area contributed by atoms with E-state index >= 15 is 0 Å². The number of nitro groups is 1. The summed E-state index contributed by atoms with van der Waals surface area (Å²) in [5, 5.41) is 13.4. The fourth-order valence-electron chi connectivity index (χ4n) is 2.35. The van der Waals surface area contributed by atoms with Gasteiger partial charge in [-0.05, 0) is 43.7 Å². The average Bonchev–Trinajstić information content (AvgIpc) is 2.97. The second kappa shape index (κ2) is 7.12. The predicted octanol–water partition coefficient (Wildman–Crippen LogP) is 4.04. The van der Waals surface area contributed by atoms with E-state index in [9.17, 15) is 19.3 Å². The van der Waals surface area contributed by atoms with Gasteiger partial charge in [0.25, 0.3) is 0 Å². The van der Waals surface area contributed by atoms with E-state index in [4.69, 9.17) is 0 Å². The second-order valence-electron chi connectivity index (χ2n) is 5.74. The van der Waals surface area contributed by atoms with Gasteiger partial charge in [-0.15, -0.1) is 0 Å². The third kappa shape index (κ3) is 3.83. The first-order chi connectivity index (χ1) is 12.3. The van der Waals surface area contributed by atoms with Crippen LogP contribution in [-0.4, -0.2) is 26.0 Å². The Bertz CT molecular complexity index is 1000. The Hall–Kier alpha value is -2.94. The standard InChI is InChI=1S/C17H15FN4O3S/c1-9-3-6-13-14(7-9)21-17(20-13)26-10(2)16(23)19-11-4-5-12(18)15(8-11)22(24)25/h3-8,10H,1-2H3,(H,19,23)(H,20,21)/t10-/m0/s1. The van der Waals surface area contributed by atoms with Crippen molar-refractivity contribution in [2.24, 2.45) is 0 Å². The van der Waals surface area contributed by atoms with Crippen LogP contribution in [0.3, 0.4) is 0 Å². The number of aromatic amines is 1. The van der Waals surface area contributed by atoms with Crippen LogP contribution in [0.1, 0.15) is 12.5 Å². The lowest BCUT2D eigenvalue weighted by molar-refractivity contribution is -0.387. The number of benzene rings is 2. The van der Waals surface area contributed by atoms with Gasteiger partial charge in [-0.25, -0.2) is 4.98 Å². The molecular weight excluding hydrogens is 359 g/mol. The lowest BCUT2D eigenvalue weighted by Crippen LogP contribution is -2.22. The zero-order valence-electron chi connectivity index (χ0n) is 13.9. The number of amides is 1. The first kappa shape index (κ1) is 17.9. The van der Waals surface area contributed by atoms with Gasteiger partial charge in [-0.2, -0.15) is 4.39 Å². The first-order valence-electron chi connectivity index (χ1n) is 7.71. The lowest BCUT2D eigenvalue weighted by atomic mass is 10.2. The van der Waals surface area contributed by atoms with Gasteiger partial charge >= 0.3 is 5.69 Å². The molecule has 1 aromatic heterocycles. The molecule has 3 rings (SSSR count). The van der Waals surface area contributed by atoms with Crippen LogP contribution in [0.5, 0.6) is 0 Å². The van der Waals surface area contributed by atoms with Gasteiger partial charge in [0.15, 0.2) is 5.16 Å². The van der Waals surface area contributed by atoms with Crippen LogP contribution in [0.15, 0.2) is 41.6 Å². The van der Waals surface area contributed by atoms with Crippen molar-refractivity contribution in [3.63, 3.8) is 0 Å². The number of nitro benzene ring substituents is 1. The topological polar surface area (TPSA) is 101 Å². The number of aromatic nitrogens is 2. The van der Waals surface area contributed by atoms with Crippen LogP contribution >= 0.6 is 11.8 Å². The fourth-order valence-corrected chi connectivity index (χ4v) is 3.17. The second-order valence-corrected chi connectivity index (χ2v) is 7.06. The summed E-state index contributed by atoms with van der Waals surface area (Å²) in [6.45, 7) is 3.67. The van der Waals surface area contributed by atoms with Gasteiger partial charge in [0.1, 0.15) is 0 Å². The Morgan fingerprint density at radius 1 is 1.35 bits per heavy atom. The average molecular weight is 374 g/mol. The summed E-state index contributed by atoms with van der Waals surface area (Å²) in [4.78, 5) is 29.8. The lowest BCUT2D eigenvalue weighted by Gasteiger charge is -2.10. The number of fused-ring (bicyclic) bond motifs is 1. The van der Waals surface area contributed by atoms with Gasteiger partial charge < -0.3 is 10.3 Å². The molecule has 0 radical (unpaired) electrons. The number of carbonyl (C=O) groups is 1. The van der Waals surface area contributed by atoms with Crippen LogP contribution < -0.4 is 5.32 Å². The van der Waals surface area contributed by atoms with E-state index in [0.717, 1.165) is 28.7 Å². The van der Waals surface area contributed by atoms with Crippen molar-refractivity contribution in [1.29, 1.82) is 0 Å². The van der Waals surface area contributed by atoms with Crippen LogP contribution in [0, 0.1) is 22.9 Å². The van der Waals surface area contributed by atoms with Crippen molar-refractivity contribution in [2.75, 3.05) is 5.32 Å². The SMILES string of the molecule is Cc1ccc2nc(S[C@@H](C)C(=O)Nc3ccc(F)c([N+](=O)[O-])c3)[nH]c2c1. The molecule has 0 spiro atoms. The smallest absolute Gasteiger partial charge is 0.306 e. The number of aryl methyl sites for hydroxylation is 1. The maximum atomic E-state index is 13.4. The van der Waals surface area contributed by atoms with Crippen molar-refractivity contribution in [2.45, 2.75) is 24.3 Å². The molecule has 3 aromatic rings. The molecule has 2 N–H and O–H groups in total. The summed E-state index contributed by atoms with van der Waals surface area (Å²) in [5.74, 6) is -1.32. The van der Waals surface area contributed by atoms with Crippen LogP contribution in [0.4, 0.5) is 15.8 Å². The molecule has 1 amide bonds. The molecule has 7 nitrogen and oxygen atoms in total. The third-order valence-corrected chi connectivity index (χ3v) is 4.67. The minimum absolute atomic E-state index is 0.163. The van der Waals surface area contributed by atoms with Crippen LogP contribution in [-0.2, 0) is 4.79 Å². The molecule has 0 aliphatic heterocycles. The number of hydrogen-bond donors (Lipinski definition) is 2. The number of imidazole rings is 1. The quantitative estimate of drug-likeness (QED) is 0.399. The van der Waals surface area contributed by atoms with E-state index in [0.29, 0.717) is 5.16 Å². The fraction of sp³-hybridized carbons (Fsp3) is 0.176. The molecule has 0 saturated heterocycles. The highest BCUT2D eigenvalue weighted by atomic mass is 32.2. The minimum Gasteiger partial charge on any atom is -0.333 e. The van der Waals surface area contributed by atoms with Gasteiger partial charge in [0, 0.05) is 11.8 Å². The first-order valence-corrected chi connectivity index (χ1v) is 8.59. The minimum atomic E-state index is -0.951. The van der Waals surface area contributed by atoms with E-state index in [-0.39, 0.29) is 11.6 Å². The summed E-state index contributed by atoms with van der Waals surface area (Å²) < 4.78 is 13.4. The number of nitrogens with one attached hydrogen (secondary N) is 2. The molecule has 1 heterocycles. The number of rotatable bonds is 5.